The van der Waals surface area contributed by atoms with Gasteiger partial charge in [0.25, 0.3) is 0 Å². The Hall–Kier alpha value is 0.540. The lowest BCUT2D eigenvalue weighted by atomic mass is 10.4. The van der Waals surface area contributed by atoms with Crippen molar-refractivity contribution < 1.29 is 0 Å². The van der Waals surface area contributed by atoms with E-state index in [1.165, 1.54) is 0 Å². The molecule has 0 saturated carbocycles. The van der Waals surface area contributed by atoms with Gasteiger partial charge in [-0.25, -0.2) is 0 Å². The molecule has 0 saturated heterocycles. The maximum atomic E-state index is 5.00. The van der Waals surface area contributed by atoms with Crippen molar-refractivity contribution in [3.05, 3.63) is 0 Å². The Bertz CT molecular complexity index is 32.2. The summed E-state index contributed by atoms with van der Waals surface area (Å²) < 4.78 is 0. The Morgan fingerprint density at radius 1 is 1.44 bits per heavy atom. The van der Waals surface area contributed by atoms with Crippen LogP contribution in [-0.2, 0) is 0 Å². The van der Waals surface area contributed by atoms with E-state index in [1.807, 2.05) is 14.0 Å². The standard InChI is InChI=1S/C4H11N.C2H5Cl.ClH/c1-4(2)5-3;1-2-3;/h4-5H,1-3H3;2H2,1H3;1H. The highest BCUT2D eigenvalue weighted by Gasteiger charge is 1.76. The fraction of sp³-hybridized carbons (Fsp3) is 1.00. The van der Waals surface area contributed by atoms with Crippen LogP contribution in [0.15, 0.2) is 0 Å². The summed E-state index contributed by atoms with van der Waals surface area (Å²) in [6.07, 6.45) is 0. The topological polar surface area (TPSA) is 12.0 Å². The van der Waals surface area contributed by atoms with Crippen molar-refractivity contribution in [2.75, 3.05) is 12.9 Å². The van der Waals surface area contributed by atoms with E-state index < -0.39 is 0 Å². The van der Waals surface area contributed by atoms with Crippen LogP contribution in [0, 0.1) is 0 Å². The summed E-state index contributed by atoms with van der Waals surface area (Å²) in [6.45, 7) is 6.11. The molecule has 9 heavy (non-hydrogen) atoms. The molecule has 0 unspecified atom stereocenters. The zero-order valence-corrected chi connectivity index (χ0v) is 8.14. The third-order valence-corrected chi connectivity index (χ3v) is 0.577. The molecule has 0 aromatic carbocycles. The molecule has 0 bridgehead atoms. The van der Waals surface area contributed by atoms with Crippen molar-refractivity contribution >= 4 is 24.0 Å². The lowest BCUT2D eigenvalue weighted by molar-refractivity contribution is 0.668. The molecule has 0 aromatic heterocycles. The van der Waals surface area contributed by atoms with E-state index >= 15 is 0 Å². The van der Waals surface area contributed by atoms with E-state index in [4.69, 9.17) is 11.6 Å². The van der Waals surface area contributed by atoms with Gasteiger partial charge in [-0.05, 0) is 7.05 Å². The number of hydrogen-bond acceptors (Lipinski definition) is 1. The first-order valence-corrected chi connectivity index (χ1v) is 3.45. The number of nitrogens with one attached hydrogen (secondary N) is 1. The summed E-state index contributed by atoms with van der Waals surface area (Å²) in [4.78, 5) is 0. The lowest BCUT2D eigenvalue weighted by Crippen LogP contribution is -2.15. The minimum atomic E-state index is 0. The van der Waals surface area contributed by atoms with Crippen LogP contribution in [0.4, 0.5) is 0 Å². The Balaban J connectivity index is -0.0000000800. The average Bonchev–Trinajstić information content (AvgIpc) is 1.69. The zero-order valence-electron chi connectivity index (χ0n) is 6.57. The molecule has 0 aliphatic carbocycles. The van der Waals surface area contributed by atoms with Crippen LogP contribution in [-0.4, -0.2) is 19.0 Å². The third-order valence-electron chi connectivity index (χ3n) is 0.577. The van der Waals surface area contributed by atoms with Crippen molar-refractivity contribution in [1.29, 1.82) is 0 Å². The summed E-state index contributed by atoms with van der Waals surface area (Å²) in [5, 5.41) is 3.03. The molecule has 0 aliphatic rings. The largest absolute Gasteiger partial charge is 0.318 e. The third kappa shape index (κ3) is 56.6. The summed E-state index contributed by atoms with van der Waals surface area (Å²) in [6, 6.07) is 0.634. The zero-order chi connectivity index (χ0) is 6.99. The van der Waals surface area contributed by atoms with Crippen LogP contribution < -0.4 is 5.32 Å². The number of alkyl halides is 1. The van der Waals surface area contributed by atoms with Crippen LogP contribution >= 0.6 is 24.0 Å². The monoisotopic (exact) mass is 173 g/mol. The van der Waals surface area contributed by atoms with Crippen molar-refractivity contribution in [1.82, 2.24) is 5.32 Å². The van der Waals surface area contributed by atoms with Gasteiger partial charge in [0.05, 0.1) is 0 Å². The van der Waals surface area contributed by atoms with Gasteiger partial charge < -0.3 is 5.32 Å². The maximum Gasteiger partial charge on any atom is 0.0195 e. The van der Waals surface area contributed by atoms with Crippen molar-refractivity contribution in [2.45, 2.75) is 26.8 Å². The van der Waals surface area contributed by atoms with Gasteiger partial charge in [0.2, 0.25) is 0 Å². The van der Waals surface area contributed by atoms with Crippen LogP contribution in [0.25, 0.3) is 0 Å². The normalized spacial score (nSPS) is 7.33. The van der Waals surface area contributed by atoms with Crippen LogP contribution in [0.2, 0.25) is 0 Å². The fourth-order valence-corrected chi connectivity index (χ4v) is 0. The van der Waals surface area contributed by atoms with E-state index in [0.717, 1.165) is 5.88 Å². The van der Waals surface area contributed by atoms with Crippen LogP contribution in [0.1, 0.15) is 20.8 Å². The van der Waals surface area contributed by atoms with Crippen molar-refractivity contribution in [2.24, 2.45) is 0 Å². The molecule has 0 spiro atoms. The second-order valence-electron chi connectivity index (χ2n) is 1.71. The second kappa shape index (κ2) is 15.8. The first-order chi connectivity index (χ1) is 3.68. The van der Waals surface area contributed by atoms with E-state index in [0.29, 0.717) is 6.04 Å². The average molecular weight is 174 g/mol. The highest BCUT2D eigenvalue weighted by Crippen LogP contribution is 1.66. The molecular formula is C6H17Cl2N. The molecule has 1 N–H and O–H groups in total. The number of rotatable bonds is 1. The molecule has 0 amide bonds. The summed E-state index contributed by atoms with van der Waals surface area (Å²) in [5.74, 6) is 0.722. The van der Waals surface area contributed by atoms with Crippen LogP contribution in [0.3, 0.4) is 0 Å². The molecule has 0 rings (SSSR count). The predicted molar refractivity (Wildman–Crippen MR) is 47.8 cm³/mol. The molecule has 0 radical (unpaired) electrons. The molecule has 60 valence electrons. The molecule has 0 aliphatic heterocycles. The first-order valence-electron chi connectivity index (χ1n) is 2.92. The number of halogens is 2. The summed E-state index contributed by atoms with van der Waals surface area (Å²) in [7, 11) is 1.95. The second-order valence-corrected chi connectivity index (χ2v) is 2.25. The fourth-order valence-electron chi connectivity index (χ4n) is 0. The molecule has 0 fully saturated rings. The predicted octanol–water partition coefficient (Wildman–Crippen LogP) is 2.28. The SMILES string of the molecule is CCCl.CNC(C)C.Cl. The molecule has 1 nitrogen and oxygen atoms in total. The van der Waals surface area contributed by atoms with Gasteiger partial charge in [-0.3, -0.25) is 0 Å². The Kier molecular flexibility index (Phi) is 28.6. The smallest absolute Gasteiger partial charge is 0.0195 e. The first kappa shape index (κ1) is 16.3. The van der Waals surface area contributed by atoms with E-state index in [1.54, 1.807) is 0 Å². The maximum absolute atomic E-state index is 5.00. The van der Waals surface area contributed by atoms with Crippen molar-refractivity contribution in [3.8, 4) is 0 Å². The summed E-state index contributed by atoms with van der Waals surface area (Å²) in [5.41, 5.74) is 0. The van der Waals surface area contributed by atoms with Gasteiger partial charge in [-0.2, -0.15) is 0 Å². The van der Waals surface area contributed by atoms with Gasteiger partial charge in [0.15, 0.2) is 0 Å². The van der Waals surface area contributed by atoms with Crippen molar-refractivity contribution in [3.63, 3.8) is 0 Å². The van der Waals surface area contributed by atoms with Gasteiger partial charge in [-0.15, -0.1) is 24.0 Å². The Labute approximate surface area is 69.6 Å². The summed E-state index contributed by atoms with van der Waals surface area (Å²) >= 11 is 5.00. The molecule has 3 heteroatoms. The minimum Gasteiger partial charge on any atom is -0.318 e. The molecule has 0 atom stereocenters. The van der Waals surface area contributed by atoms with Gasteiger partial charge in [0, 0.05) is 11.9 Å². The van der Waals surface area contributed by atoms with Crippen LogP contribution in [0.5, 0.6) is 0 Å². The van der Waals surface area contributed by atoms with E-state index in [9.17, 15) is 0 Å². The highest BCUT2D eigenvalue weighted by molar-refractivity contribution is 6.17. The molecule has 0 heterocycles. The van der Waals surface area contributed by atoms with Gasteiger partial charge >= 0.3 is 0 Å². The molecule has 0 aromatic rings. The van der Waals surface area contributed by atoms with E-state index in [2.05, 4.69) is 19.2 Å². The quantitative estimate of drug-likeness (QED) is 0.601. The molecular weight excluding hydrogens is 157 g/mol. The van der Waals surface area contributed by atoms with Gasteiger partial charge in [0.1, 0.15) is 0 Å². The lowest BCUT2D eigenvalue weighted by Gasteiger charge is -1.95. The van der Waals surface area contributed by atoms with Gasteiger partial charge in [-0.1, -0.05) is 20.8 Å². The Morgan fingerprint density at radius 3 is 1.56 bits per heavy atom. The minimum absolute atomic E-state index is 0. The highest BCUT2D eigenvalue weighted by atomic mass is 35.5. The van der Waals surface area contributed by atoms with E-state index in [-0.39, 0.29) is 12.4 Å². The number of hydrogen-bond donors (Lipinski definition) is 1. The Morgan fingerprint density at radius 2 is 1.56 bits per heavy atom.